The number of hydrogen-bond acceptors (Lipinski definition) is 1. The average Bonchev–Trinajstić information content (AvgIpc) is 2.74. The summed E-state index contributed by atoms with van der Waals surface area (Å²) >= 11 is 0. The fraction of sp³-hybridized carbons (Fsp3) is 0.222. The first-order chi connectivity index (χ1) is 9.29. The minimum absolute atomic E-state index is 0.102. The number of aliphatic hydroxyl groups is 1. The second-order valence-electron chi connectivity index (χ2n) is 4.85. The molecule has 0 spiro atoms. The van der Waals surface area contributed by atoms with Crippen LogP contribution in [0.25, 0.3) is 6.08 Å². The Morgan fingerprint density at radius 2 is 1.68 bits per heavy atom. The maximum atomic E-state index is 9.00. The Hall–Kier alpha value is -1.86. The Labute approximate surface area is 115 Å². The van der Waals surface area contributed by atoms with E-state index in [1.807, 2.05) is 24.3 Å². The van der Waals surface area contributed by atoms with Gasteiger partial charge >= 0.3 is 0 Å². The van der Waals surface area contributed by atoms with Gasteiger partial charge in [-0.25, -0.2) is 0 Å². The van der Waals surface area contributed by atoms with E-state index in [1.54, 1.807) is 0 Å². The predicted molar refractivity (Wildman–Crippen MR) is 81.5 cm³/mol. The summed E-state index contributed by atoms with van der Waals surface area (Å²) in [6, 6.07) is 7.99. The molecule has 0 amide bonds. The van der Waals surface area contributed by atoms with Crippen molar-refractivity contribution in [1.29, 1.82) is 0 Å². The van der Waals surface area contributed by atoms with E-state index in [-0.39, 0.29) is 6.61 Å². The molecule has 0 aliphatic heterocycles. The molecule has 1 aromatic carbocycles. The molecule has 0 aromatic heterocycles. The highest BCUT2D eigenvalue weighted by Crippen LogP contribution is 2.19. The zero-order chi connectivity index (χ0) is 13.5. The molecule has 0 radical (unpaired) electrons. The summed E-state index contributed by atoms with van der Waals surface area (Å²) in [7, 11) is 0. The van der Waals surface area contributed by atoms with Crippen molar-refractivity contribution < 1.29 is 5.11 Å². The van der Waals surface area contributed by atoms with Gasteiger partial charge in [0.15, 0.2) is 0 Å². The average molecular weight is 252 g/mol. The van der Waals surface area contributed by atoms with Gasteiger partial charge in [0.2, 0.25) is 0 Å². The first-order valence-corrected chi connectivity index (χ1v) is 6.69. The smallest absolute Gasteiger partial charge is 0.0681 e. The highest BCUT2D eigenvalue weighted by molar-refractivity contribution is 5.50. The van der Waals surface area contributed by atoms with Crippen molar-refractivity contribution >= 4 is 6.08 Å². The van der Waals surface area contributed by atoms with Crippen molar-refractivity contribution in [1.82, 2.24) is 0 Å². The third kappa shape index (κ3) is 4.08. The molecule has 0 heterocycles. The molecule has 1 unspecified atom stereocenters. The summed E-state index contributed by atoms with van der Waals surface area (Å²) < 4.78 is 0. The number of aliphatic hydroxyl groups excluding tert-OH is 1. The lowest BCUT2D eigenvalue weighted by Crippen LogP contribution is -2.02. The highest BCUT2D eigenvalue weighted by Gasteiger charge is 2.08. The summed E-state index contributed by atoms with van der Waals surface area (Å²) in [5.74, 6) is 0.910. The summed E-state index contributed by atoms with van der Waals surface area (Å²) in [5.41, 5.74) is 2.12. The monoisotopic (exact) mass is 252 g/mol. The van der Waals surface area contributed by atoms with Crippen molar-refractivity contribution in [2.24, 2.45) is 11.8 Å². The van der Waals surface area contributed by atoms with E-state index in [0.717, 1.165) is 5.56 Å². The minimum atomic E-state index is 0.102. The van der Waals surface area contributed by atoms with Crippen LogP contribution >= 0.6 is 0 Å². The van der Waals surface area contributed by atoms with Crippen LogP contribution in [-0.2, 0) is 6.61 Å². The Morgan fingerprint density at radius 1 is 1.05 bits per heavy atom. The number of hydrogen-bond donors (Lipinski definition) is 1. The number of allylic oxidation sites excluding steroid dienone is 7. The Balaban J connectivity index is 2.00. The van der Waals surface area contributed by atoms with Gasteiger partial charge in [0.1, 0.15) is 0 Å². The van der Waals surface area contributed by atoms with E-state index in [0.29, 0.717) is 11.8 Å². The second kappa shape index (κ2) is 6.91. The Morgan fingerprint density at radius 3 is 2.26 bits per heavy atom. The topological polar surface area (TPSA) is 20.2 Å². The van der Waals surface area contributed by atoms with Crippen LogP contribution in [0.2, 0.25) is 0 Å². The molecular formula is C18H20O. The van der Waals surface area contributed by atoms with Crippen molar-refractivity contribution in [3.8, 4) is 0 Å². The highest BCUT2D eigenvalue weighted by atomic mass is 16.3. The fourth-order valence-electron chi connectivity index (χ4n) is 2.05. The molecule has 0 saturated carbocycles. The van der Waals surface area contributed by atoms with Crippen molar-refractivity contribution in [3.05, 3.63) is 77.9 Å². The third-order valence-electron chi connectivity index (χ3n) is 3.36. The first kappa shape index (κ1) is 13.6. The van der Waals surface area contributed by atoms with Crippen molar-refractivity contribution in [3.63, 3.8) is 0 Å². The SMILES string of the molecule is CC(C=Cc1ccc(CO)cc1)C1C=CC=CC=C1. The van der Waals surface area contributed by atoms with Crippen LogP contribution in [0.15, 0.2) is 66.8 Å². The normalized spacial score (nSPS) is 16.9. The molecular weight excluding hydrogens is 232 g/mol. The zero-order valence-corrected chi connectivity index (χ0v) is 11.2. The van der Waals surface area contributed by atoms with E-state index >= 15 is 0 Å². The van der Waals surface area contributed by atoms with Crippen LogP contribution < -0.4 is 0 Å². The zero-order valence-electron chi connectivity index (χ0n) is 11.2. The predicted octanol–water partition coefficient (Wildman–Crippen LogP) is 4.13. The standard InChI is InChI=1S/C18H20O/c1-15(18-6-4-2-3-5-7-18)8-9-16-10-12-17(14-19)13-11-16/h2-13,15,18-19H,14H2,1H3. The summed E-state index contributed by atoms with van der Waals surface area (Å²) in [5, 5.41) is 9.00. The fourth-order valence-corrected chi connectivity index (χ4v) is 2.05. The van der Waals surface area contributed by atoms with Gasteiger partial charge in [-0.05, 0) is 17.0 Å². The molecule has 1 aliphatic rings. The molecule has 1 heteroatoms. The first-order valence-electron chi connectivity index (χ1n) is 6.69. The van der Waals surface area contributed by atoms with Gasteiger partial charge in [0, 0.05) is 5.92 Å². The van der Waals surface area contributed by atoms with Crippen LogP contribution in [0.4, 0.5) is 0 Å². The van der Waals surface area contributed by atoms with Crippen molar-refractivity contribution in [2.45, 2.75) is 13.5 Å². The van der Waals surface area contributed by atoms with E-state index in [1.165, 1.54) is 5.56 Å². The van der Waals surface area contributed by atoms with Gasteiger partial charge < -0.3 is 5.11 Å². The maximum absolute atomic E-state index is 9.00. The molecule has 0 saturated heterocycles. The molecule has 0 fully saturated rings. The van der Waals surface area contributed by atoms with Crippen LogP contribution in [0.1, 0.15) is 18.1 Å². The molecule has 1 aromatic rings. The lowest BCUT2D eigenvalue weighted by Gasteiger charge is -2.12. The maximum Gasteiger partial charge on any atom is 0.0681 e. The molecule has 1 aliphatic carbocycles. The van der Waals surface area contributed by atoms with Crippen LogP contribution in [0.3, 0.4) is 0 Å². The largest absolute Gasteiger partial charge is 0.392 e. The number of rotatable bonds is 4. The summed E-state index contributed by atoms with van der Waals surface area (Å²) in [4.78, 5) is 0. The van der Waals surface area contributed by atoms with Gasteiger partial charge in [-0.3, -0.25) is 0 Å². The van der Waals surface area contributed by atoms with Crippen LogP contribution in [0, 0.1) is 11.8 Å². The van der Waals surface area contributed by atoms with Crippen molar-refractivity contribution in [2.75, 3.05) is 0 Å². The third-order valence-corrected chi connectivity index (χ3v) is 3.36. The minimum Gasteiger partial charge on any atom is -0.392 e. The van der Waals surface area contributed by atoms with Crippen LogP contribution in [0.5, 0.6) is 0 Å². The number of benzene rings is 1. The van der Waals surface area contributed by atoms with E-state index in [9.17, 15) is 0 Å². The van der Waals surface area contributed by atoms with E-state index in [4.69, 9.17) is 5.11 Å². The van der Waals surface area contributed by atoms with Gasteiger partial charge in [0.25, 0.3) is 0 Å². The van der Waals surface area contributed by atoms with E-state index < -0.39 is 0 Å². The molecule has 1 nitrogen and oxygen atoms in total. The lowest BCUT2D eigenvalue weighted by atomic mass is 9.92. The second-order valence-corrected chi connectivity index (χ2v) is 4.85. The molecule has 0 bridgehead atoms. The molecule has 1 atom stereocenters. The lowest BCUT2D eigenvalue weighted by molar-refractivity contribution is 0.282. The van der Waals surface area contributed by atoms with E-state index in [2.05, 4.69) is 55.5 Å². The molecule has 1 N–H and O–H groups in total. The van der Waals surface area contributed by atoms with Gasteiger partial charge in [0.05, 0.1) is 6.61 Å². The Bertz CT molecular complexity index is 487. The van der Waals surface area contributed by atoms with Gasteiger partial charge in [-0.2, -0.15) is 0 Å². The Kier molecular flexibility index (Phi) is 4.93. The molecule has 19 heavy (non-hydrogen) atoms. The van der Waals surface area contributed by atoms with Gasteiger partial charge in [-0.1, -0.05) is 79.8 Å². The molecule has 98 valence electrons. The van der Waals surface area contributed by atoms with Gasteiger partial charge in [-0.15, -0.1) is 0 Å². The quantitative estimate of drug-likeness (QED) is 0.854. The molecule has 2 rings (SSSR count). The summed E-state index contributed by atoms with van der Waals surface area (Å²) in [6.07, 6.45) is 17.1. The summed E-state index contributed by atoms with van der Waals surface area (Å²) in [6.45, 7) is 2.33. The van der Waals surface area contributed by atoms with Crippen LogP contribution in [-0.4, -0.2) is 5.11 Å².